The third-order valence-corrected chi connectivity index (χ3v) is 6.84. The van der Waals surface area contributed by atoms with Gasteiger partial charge in [0.05, 0.1) is 17.0 Å². The fraction of sp³-hybridized carbons (Fsp3) is 0.217. The van der Waals surface area contributed by atoms with Crippen LogP contribution in [0, 0.1) is 6.92 Å². The monoisotopic (exact) mass is 513 g/mol. The van der Waals surface area contributed by atoms with Gasteiger partial charge in [-0.1, -0.05) is 23.8 Å². The number of rotatable bonds is 9. The average molecular weight is 514 g/mol. The Morgan fingerprint density at radius 2 is 1.94 bits per heavy atom. The maximum absolute atomic E-state index is 12.7. The van der Waals surface area contributed by atoms with Crippen molar-refractivity contribution >= 4 is 39.4 Å². The summed E-state index contributed by atoms with van der Waals surface area (Å²) < 4.78 is 33.2. The van der Waals surface area contributed by atoms with E-state index < -0.39 is 40.0 Å². The van der Waals surface area contributed by atoms with Crippen molar-refractivity contribution in [1.29, 1.82) is 0 Å². The molecule has 0 saturated heterocycles. The number of nitrogens with one attached hydrogen (secondary N) is 4. The van der Waals surface area contributed by atoms with Gasteiger partial charge in [0.25, 0.3) is 5.91 Å². The van der Waals surface area contributed by atoms with E-state index in [1.54, 1.807) is 25.1 Å². The predicted molar refractivity (Wildman–Crippen MR) is 128 cm³/mol. The van der Waals surface area contributed by atoms with Gasteiger partial charge in [-0.25, -0.2) is 13.4 Å². The molecule has 2 heterocycles. The lowest BCUT2D eigenvalue weighted by Crippen LogP contribution is -2.42. The quantitative estimate of drug-likeness (QED) is 0.285. The molecule has 188 valence electrons. The number of amides is 2. The minimum absolute atomic E-state index is 0.0485. The van der Waals surface area contributed by atoms with E-state index in [1.807, 2.05) is 0 Å². The zero-order valence-corrected chi connectivity index (χ0v) is 19.8. The number of carbonyl (C=O) groups is 3. The number of fused-ring (bicyclic) bond motifs is 1. The number of carbonyl (C=O) groups excluding carboxylic acids is 2. The molecule has 2 atom stereocenters. The number of aromatic nitrogens is 2. The van der Waals surface area contributed by atoms with Crippen LogP contribution in [0.5, 0.6) is 5.75 Å². The Labute approximate surface area is 206 Å². The first-order valence-electron chi connectivity index (χ1n) is 10.8. The Balaban J connectivity index is 1.43. The summed E-state index contributed by atoms with van der Waals surface area (Å²) in [5.74, 6) is -1.85. The molecule has 5 N–H and O–H groups in total. The highest BCUT2D eigenvalue weighted by Crippen LogP contribution is 2.32. The fourth-order valence-electron chi connectivity index (χ4n) is 3.53. The Hall–Kier alpha value is -4.23. The molecule has 13 heteroatoms. The first-order valence-corrected chi connectivity index (χ1v) is 12.3. The van der Waals surface area contributed by atoms with Crippen LogP contribution in [0.1, 0.15) is 17.5 Å². The van der Waals surface area contributed by atoms with Gasteiger partial charge in [-0.05, 0) is 43.2 Å². The molecule has 0 radical (unpaired) electrons. The number of H-pyrrole nitrogens is 1. The van der Waals surface area contributed by atoms with Crippen molar-refractivity contribution in [2.24, 2.45) is 0 Å². The van der Waals surface area contributed by atoms with Gasteiger partial charge < -0.3 is 20.1 Å². The highest BCUT2D eigenvalue weighted by molar-refractivity contribution is 7.89. The van der Waals surface area contributed by atoms with Crippen molar-refractivity contribution in [3.63, 3.8) is 0 Å². The molecule has 0 fully saturated rings. The van der Waals surface area contributed by atoms with Crippen LogP contribution in [0.15, 0.2) is 59.8 Å². The van der Waals surface area contributed by atoms with Crippen LogP contribution in [0.2, 0.25) is 0 Å². The molecule has 1 aliphatic rings. The van der Waals surface area contributed by atoms with Crippen LogP contribution in [0.4, 0.5) is 11.6 Å². The maximum atomic E-state index is 12.7. The van der Waals surface area contributed by atoms with E-state index >= 15 is 0 Å². The molecule has 2 aromatic carbocycles. The molecule has 0 bridgehead atoms. The number of aryl methyl sites for hydroxylation is 1. The van der Waals surface area contributed by atoms with Crippen molar-refractivity contribution in [2.45, 2.75) is 36.8 Å². The van der Waals surface area contributed by atoms with Crippen molar-refractivity contribution in [3.05, 3.63) is 66.0 Å². The highest BCUT2D eigenvalue weighted by atomic mass is 32.2. The lowest BCUT2D eigenvalue weighted by atomic mass is 10.0. The molecular formula is C23H23N5O7S. The van der Waals surface area contributed by atoms with Crippen LogP contribution < -0.4 is 20.1 Å². The molecule has 2 amide bonds. The molecular weight excluding hydrogens is 490 g/mol. The maximum Gasteiger partial charge on any atom is 0.322 e. The van der Waals surface area contributed by atoms with Gasteiger partial charge in [0.1, 0.15) is 11.8 Å². The summed E-state index contributed by atoms with van der Waals surface area (Å²) in [7, 11) is -4.08. The number of ether oxygens (including phenoxy) is 1. The second-order valence-electron chi connectivity index (χ2n) is 8.15. The Morgan fingerprint density at radius 1 is 1.19 bits per heavy atom. The molecule has 0 saturated carbocycles. The first-order chi connectivity index (χ1) is 17.1. The molecule has 36 heavy (non-hydrogen) atoms. The van der Waals surface area contributed by atoms with Crippen LogP contribution in [0.3, 0.4) is 0 Å². The van der Waals surface area contributed by atoms with Gasteiger partial charge in [-0.15, -0.1) is 0 Å². The van der Waals surface area contributed by atoms with E-state index in [9.17, 15) is 27.9 Å². The van der Waals surface area contributed by atoms with Gasteiger partial charge in [0, 0.05) is 12.4 Å². The van der Waals surface area contributed by atoms with Gasteiger partial charge in [0.15, 0.2) is 6.10 Å². The smallest absolute Gasteiger partial charge is 0.322 e. The van der Waals surface area contributed by atoms with Gasteiger partial charge in [-0.3, -0.25) is 19.7 Å². The Kier molecular flexibility index (Phi) is 7.03. The molecule has 0 aliphatic carbocycles. The molecule has 1 unspecified atom stereocenters. The third kappa shape index (κ3) is 5.87. The second kappa shape index (κ2) is 10.2. The number of hydrogen-bond acceptors (Lipinski definition) is 7. The van der Waals surface area contributed by atoms with Gasteiger partial charge in [0.2, 0.25) is 21.9 Å². The van der Waals surface area contributed by atoms with E-state index in [1.165, 1.54) is 36.7 Å². The minimum atomic E-state index is -4.08. The summed E-state index contributed by atoms with van der Waals surface area (Å²) in [5, 5.41) is 14.8. The van der Waals surface area contributed by atoms with E-state index in [0.29, 0.717) is 11.3 Å². The largest absolute Gasteiger partial charge is 0.480 e. The Morgan fingerprint density at radius 3 is 2.61 bits per heavy atom. The summed E-state index contributed by atoms with van der Waals surface area (Å²) in [6, 6.07) is 9.16. The van der Waals surface area contributed by atoms with Crippen molar-refractivity contribution in [1.82, 2.24) is 14.7 Å². The number of sulfonamides is 1. The van der Waals surface area contributed by atoms with Crippen molar-refractivity contribution < 1.29 is 32.6 Å². The summed E-state index contributed by atoms with van der Waals surface area (Å²) >= 11 is 0. The molecule has 1 aromatic heterocycles. The number of carboxylic acid groups (broad SMARTS) is 1. The predicted octanol–water partition coefficient (Wildman–Crippen LogP) is 1.42. The summed E-state index contributed by atoms with van der Waals surface area (Å²) in [4.78, 5) is 43.0. The fourth-order valence-corrected chi connectivity index (χ4v) is 4.72. The number of anilines is 2. The minimum Gasteiger partial charge on any atom is -0.480 e. The molecule has 1 aliphatic heterocycles. The SMILES string of the molecule is Cc1ccc(S(=O)(=O)N[C@@H](Cc2ccc3c(c2)NC(=O)C(CC(=O)Nc2ncc[nH]2)O3)C(=O)O)cc1. The zero-order valence-electron chi connectivity index (χ0n) is 19.0. The van der Waals surface area contributed by atoms with Crippen LogP contribution in [-0.4, -0.2) is 53.4 Å². The normalized spacial score (nSPS) is 15.8. The standard InChI is InChI=1S/C23H23N5O7S/c1-13-2-5-15(6-3-13)36(33,34)28-17(22(31)32)11-14-4-7-18-16(10-14)26-21(30)19(35-18)12-20(29)27-23-24-8-9-25-23/h2-10,17,19,28H,11-12H2,1H3,(H,26,30)(H,31,32)(H2,24,25,27,29)/t17-,19?/m0/s1. The van der Waals surface area contributed by atoms with Crippen LogP contribution in [-0.2, 0) is 30.8 Å². The van der Waals surface area contributed by atoms with Crippen LogP contribution in [0.25, 0.3) is 0 Å². The highest BCUT2D eigenvalue weighted by Gasteiger charge is 2.31. The van der Waals surface area contributed by atoms with E-state index in [4.69, 9.17) is 4.74 Å². The number of aliphatic carboxylic acids is 1. The summed E-state index contributed by atoms with van der Waals surface area (Å²) in [6.45, 7) is 1.81. The number of aromatic amines is 1. The Bertz CT molecular complexity index is 1390. The van der Waals surface area contributed by atoms with E-state index in [2.05, 4.69) is 25.3 Å². The molecule has 4 rings (SSSR count). The van der Waals surface area contributed by atoms with Crippen LogP contribution >= 0.6 is 0 Å². The number of carboxylic acids is 1. The first kappa shape index (κ1) is 24.9. The lowest BCUT2D eigenvalue weighted by molar-refractivity contribution is -0.139. The van der Waals surface area contributed by atoms with E-state index in [-0.39, 0.29) is 29.4 Å². The third-order valence-electron chi connectivity index (χ3n) is 5.36. The zero-order chi connectivity index (χ0) is 25.9. The number of imidazole rings is 1. The average Bonchev–Trinajstić information content (AvgIpc) is 3.32. The van der Waals surface area contributed by atoms with E-state index in [0.717, 1.165) is 5.56 Å². The lowest BCUT2D eigenvalue weighted by Gasteiger charge is -2.26. The summed E-state index contributed by atoms with van der Waals surface area (Å²) in [5.41, 5.74) is 1.60. The topological polar surface area (TPSA) is 180 Å². The summed E-state index contributed by atoms with van der Waals surface area (Å²) in [6.07, 6.45) is 1.49. The molecule has 0 spiro atoms. The van der Waals surface area contributed by atoms with Gasteiger partial charge >= 0.3 is 5.97 Å². The number of nitrogens with zero attached hydrogens (tertiary/aromatic N) is 1. The number of hydrogen-bond donors (Lipinski definition) is 5. The van der Waals surface area contributed by atoms with Gasteiger partial charge in [-0.2, -0.15) is 4.72 Å². The number of benzene rings is 2. The second-order valence-corrected chi connectivity index (χ2v) is 9.86. The molecule has 12 nitrogen and oxygen atoms in total. The van der Waals surface area contributed by atoms with Crippen molar-refractivity contribution in [3.8, 4) is 5.75 Å². The molecule has 3 aromatic rings. The van der Waals surface area contributed by atoms with Crippen molar-refractivity contribution in [2.75, 3.05) is 10.6 Å².